The molecule has 0 radical (unpaired) electrons. The van der Waals surface area contributed by atoms with Gasteiger partial charge in [-0.15, -0.1) is 0 Å². The quantitative estimate of drug-likeness (QED) is 0.711. The van der Waals surface area contributed by atoms with Gasteiger partial charge in [-0.1, -0.05) is 35.3 Å². The number of carbonyl (C=O) groups is 1. The molecule has 1 aliphatic heterocycles. The molecule has 0 aromatic heterocycles. The lowest BCUT2D eigenvalue weighted by molar-refractivity contribution is -0.143. The summed E-state index contributed by atoms with van der Waals surface area (Å²) in [7, 11) is 0. The highest BCUT2D eigenvalue weighted by Crippen LogP contribution is 2.36. The predicted octanol–water partition coefficient (Wildman–Crippen LogP) is 4.52. The fraction of sp³-hybridized carbons (Fsp3) is 0.588. The van der Waals surface area contributed by atoms with Gasteiger partial charge in [0.1, 0.15) is 0 Å². The molecule has 0 saturated carbocycles. The molecule has 0 N–H and O–H groups in total. The van der Waals surface area contributed by atoms with Gasteiger partial charge in [0.25, 0.3) is 0 Å². The number of hydrogen-bond acceptors (Lipinski definition) is 3. The van der Waals surface area contributed by atoms with Crippen LogP contribution in [-0.4, -0.2) is 37.1 Å². The van der Waals surface area contributed by atoms with Gasteiger partial charge in [0.05, 0.1) is 16.7 Å². The van der Waals surface area contributed by atoms with E-state index in [-0.39, 0.29) is 5.97 Å². The number of carbonyl (C=O) groups excluding carboxylic acids is 1. The van der Waals surface area contributed by atoms with Crippen molar-refractivity contribution in [1.82, 2.24) is 4.90 Å². The number of likely N-dealkylation sites (tertiary alicyclic amines) is 1. The van der Waals surface area contributed by atoms with Crippen molar-refractivity contribution in [2.45, 2.75) is 38.5 Å². The fourth-order valence-corrected chi connectivity index (χ4v) is 3.45. The highest BCUT2D eigenvalue weighted by molar-refractivity contribution is 6.42. The van der Waals surface area contributed by atoms with E-state index in [1.165, 1.54) is 5.56 Å². The molecule has 0 atom stereocenters. The van der Waals surface area contributed by atoms with Crippen LogP contribution in [0.2, 0.25) is 10.0 Å². The number of ether oxygens (including phenoxy) is 1. The topological polar surface area (TPSA) is 29.5 Å². The number of benzene rings is 1. The van der Waals surface area contributed by atoms with E-state index in [2.05, 4.69) is 11.0 Å². The Labute approximate surface area is 142 Å². The smallest absolute Gasteiger partial charge is 0.305 e. The van der Waals surface area contributed by atoms with Crippen LogP contribution < -0.4 is 0 Å². The lowest BCUT2D eigenvalue weighted by Gasteiger charge is -2.32. The van der Waals surface area contributed by atoms with Gasteiger partial charge < -0.3 is 9.64 Å². The Morgan fingerprint density at radius 3 is 2.73 bits per heavy atom. The van der Waals surface area contributed by atoms with E-state index >= 15 is 0 Å². The van der Waals surface area contributed by atoms with Gasteiger partial charge in [0, 0.05) is 6.42 Å². The summed E-state index contributed by atoms with van der Waals surface area (Å²) in [6.07, 6.45) is 3.54. The van der Waals surface area contributed by atoms with Crippen molar-refractivity contribution in [3.8, 4) is 0 Å². The molecule has 1 aromatic carbocycles. The molecule has 0 aliphatic carbocycles. The van der Waals surface area contributed by atoms with Gasteiger partial charge in [0.15, 0.2) is 0 Å². The Balaban J connectivity index is 1.76. The maximum Gasteiger partial charge on any atom is 0.305 e. The van der Waals surface area contributed by atoms with Gasteiger partial charge in [-0.3, -0.25) is 4.79 Å². The zero-order chi connectivity index (χ0) is 15.9. The third-order valence-corrected chi connectivity index (χ3v) is 5.00. The molecular weight excluding hydrogens is 321 g/mol. The molecule has 22 heavy (non-hydrogen) atoms. The normalized spacial score (nSPS) is 16.7. The van der Waals surface area contributed by atoms with Crippen LogP contribution in [0.5, 0.6) is 0 Å². The van der Waals surface area contributed by atoms with Crippen LogP contribution in [0.25, 0.3) is 0 Å². The van der Waals surface area contributed by atoms with Crippen LogP contribution in [0.15, 0.2) is 18.2 Å². The van der Waals surface area contributed by atoms with Crippen molar-refractivity contribution < 1.29 is 9.53 Å². The first kappa shape index (κ1) is 17.6. The second kappa shape index (κ2) is 8.76. The van der Waals surface area contributed by atoms with E-state index in [1.54, 1.807) is 0 Å². The summed E-state index contributed by atoms with van der Waals surface area (Å²) in [5.41, 5.74) is 1.17. The largest absolute Gasteiger partial charge is 0.466 e. The van der Waals surface area contributed by atoms with Crippen LogP contribution in [-0.2, 0) is 9.53 Å². The number of piperidine rings is 1. The van der Waals surface area contributed by atoms with Gasteiger partial charge in [-0.2, -0.15) is 0 Å². The first-order chi connectivity index (χ1) is 10.6. The van der Waals surface area contributed by atoms with Gasteiger partial charge in [-0.05, 0) is 63.4 Å². The zero-order valence-corrected chi connectivity index (χ0v) is 14.5. The third kappa shape index (κ3) is 4.87. The molecule has 1 aromatic rings. The summed E-state index contributed by atoms with van der Waals surface area (Å²) < 4.78 is 4.95. The van der Waals surface area contributed by atoms with Crippen molar-refractivity contribution in [2.24, 2.45) is 0 Å². The summed E-state index contributed by atoms with van der Waals surface area (Å²) in [6.45, 7) is 5.33. The molecule has 122 valence electrons. The highest BCUT2D eigenvalue weighted by Gasteiger charge is 2.22. The average Bonchev–Trinajstić information content (AvgIpc) is 2.51. The number of halogens is 2. The van der Waals surface area contributed by atoms with Crippen molar-refractivity contribution >= 4 is 29.2 Å². The van der Waals surface area contributed by atoms with Gasteiger partial charge >= 0.3 is 5.97 Å². The van der Waals surface area contributed by atoms with E-state index in [9.17, 15) is 4.79 Å². The van der Waals surface area contributed by atoms with Crippen molar-refractivity contribution in [3.05, 3.63) is 33.8 Å². The molecule has 1 saturated heterocycles. The lowest BCUT2D eigenvalue weighted by Crippen LogP contribution is -2.34. The lowest BCUT2D eigenvalue weighted by atomic mass is 9.89. The van der Waals surface area contributed by atoms with E-state index in [0.717, 1.165) is 38.9 Å². The molecule has 0 spiro atoms. The monoisotopic (exact) mass is 343 g/mol. The highest BCUT2D eigenvalue weighted by atomic mass is 35.5. The molecular formula is C17H23Cl2NO2. The molecule has 1 fully saturated rings. The Hall–Kier alpha value is -0.770. The Morgan fingerprint density at radius 1 is 1.32 bits per heavy atom. The molecule has 2 rings (SSSR count). The zero-order valence-electron chi connectivity index (χ0n) is 13.0. The van der Waals surface area contributed by atoms with E-state index < -0.39 is 0 Å². The summed E-state index contributed by atoms with van der Waals surface area (Å²) in [4.78, 5) is 13.7. The Bertz CT molecular complexity index is 499. The van der Waals surface area contributed by atoms with Crippen molar-refractivity contribution in [2.75, 3.05) is 26.2 Å². The molecule has 1 aliphatic rings. The van der Waals surface area contributed by atoms with Crippen LogP contribution in [0.4, 0.5) is 0 Å². The number of hydrogen-bond donors (Lipinski definition) is 0. The molecule has 0 bridgehead atoms. The Morgan fingerprint density at radius 2 is 2.05 bits per heavy atom. The van der Waals surface area contributed by atoms with Crippen molar-refractivity contribution in [1.29, 1.82) is 0 Å². The SMILES string of the molecule is CCOC(=O)CCCN1CCC(c2cccc(Cl)c2Cl)CC1. The molecule has 1 heterocycles. The standard InChI is InChI=1S/C17H23Cl2NO2/c1-2-22-16(21)7-4-10-20-11-8-13(9-12-20)14-5-3-6-15(18)17(14)19/h3,5-6,13H,2,4,7-12H2,1H3. The second-order valence-corrected chi connectivity index (χ2v) is 6.45. The summed E-state index contributed by atoms with van der Waals surface area (Å²) in [5, 5.41) is 1.33. The predicted molar refractivity (Wildman–Crippen MR) is 90.7 cm³/mol. The molecule has 5 heteroatoms. The first-order valence-corrected chi connectivity index (χ1v) is 8.69. The van der Waals surface area contributed by atoms with Gasteiger partial charge in [0.2, 0.25) is 0 Å². The van der Waals surface area contributed by atoms with Gasteiger partial charge in [-0.25, -0.2) is 0 Å². The number of rotatable bonds is 6. The minimum atomic E-state index is -0.0944. The molecule has 0 unspecified atom stereocenters. The molecule has 3 nitrogen and oxygen atoms in total. The van der Waals surface area contributed by atoms with Crippen molar-refractivity contribution in [3.63, 3.8) is 0 Å². The Kier molecular flexibility index (Phi) is 7.00. The number of esters is 1. The summed E-state index contributed by atoms with van der Waals surface area (Å²) in [6, 6.07) is 5.88. The van der Waals surface area contributed by atoms with E-state index in [1.807, 2.05) is 19.1 Å². The second-order valence-electron chi connectivity index (χ2n) is 5.67. The van der Waals surface area contributed by atoms with E-state index in [4.69, 9.17) is 27.9 Å². The molecule has 0 amide bonds. The van der Waals surface area contributed by atoms with Crippen LogP contribution in [0.1, 0.15) is 44.1 Å². The average molecular weight is 344 g/mol. The minimum absolute atomic E-state index is 0.0944. The summed E-state index contributed by atoms with van der Waals surface area (Å²) >= 11 is 12.4. The van der Waals surface area contributed by atoms with Crippen LogP contribution >= 0.6 is 23.2 Å². The third-order valence-electron chi connectivity index (χ3n) is 4.17. The first-order valence-electron chi connectivity index (χ1n) is 7.93. The fourth-order valence-electron chi connectivity index (χ4n) is 2.98. The summed E-state index contributed by atoms with van der Waals surface area (Å²) in [5.74, 6) is 0.385. The van der Waals surface area contributed by atoms with Crippen LogP contribution in [0, 0.1) is 0 Å². The van der Waals surface area contributed by atoms with Crippen LogP contribution in [0.3, 0.4) is 0 Å². The maximum atomic E-state index is 11.3. The number of nitrogens with zero attached hydrogens (tertiary/aromatic N) is 1. The van der Waals surface area contributed by atoms with E-state index in [0.29, 0.717) is 29.0 Å². The maximum absolute atomic E-state index is 11.3. The minimum Gasteiger partial charge on any atom is -0.466 e.